The van der Waals surface area contributed by atoms with Crippen LogP contribution in [0.3, 0.4) is 0 Å². The van der Waals surface area contributed by atoms with Crippen LogP contribution in [0.2, 0.25) is 5.02 Å². The van der Waals surface area contributed by atoms with Crippen LogP contribution in [0.15, 0.2) is 54.6 Å². The Hall–Kier alpha value is -1.82. The van der Waals surface area contributed by atoms with Crippen molar-refractivity contribution in [2.45, 2.75) is 12.6 Å². The molecule has 0 aliphatic heterocycles. The van der Waals surface area contributed by atoms with E-state index in [1.54, 1.807) is 12.1 Å². The summed E-state index contributed by atoms with van der Waals surface area (Å²) in [6, 6.07) is 19.3. The van der Waals surface area contributed by atoms with Crippen molar-refractivity contribution in [2.75, 3.05) is 0 Å². The average Bonchev–Trinajstić information content (AvgIpc) is 2.42. The predicted octanol–water partition coefficient (Wildman–Crippen LogP) is 3.69. The standard InChI is InChI=1S/C15H13ClN2/c16-14-8-6-13(7-9-14)15(10-17)18-11-12-4-2-1-3-5-12/h1-9,15,18H,11H2/t15-/m1/s1. The maximum atomic E-state index is 9.18. The summed E-state index contributed by atoms with van der Waals surface area (Å²) >= 11 is 5.83. The lowest BCUT2D eigenvalue weighted by Gasteiger charge is -2.12. The first-order valence-corrected chi connectivity index (χ1v) is 6.10. The molecule has 1 atom stereocenters. The quantitative estimate of drug-likeness (QED) is 0.906. The molecule has 0 aliphatic rings. The zero-order valence-electron chi connectivity index (χ0n) is 9.81. The molecular weight excluding hydrogens is 244 g/mol. The van der Waals surface area contributed by atoms with E-state index in [9.17, 15) is 5.26 Å². The van der Waals surface area contributed by atoms with Gasteiger partial charge in [0, 0.05) is 11.6 Å². The molecule has 1 N–H and O–H groups in total. The first-order valence-electron chi connectivity index (χ1n) is 5.72. The Morgan fingerprint density at radius 3 is 2.33 bits per heavy atom. The van der Waals surface area contributed by atoms with Gasteiger partial charge in [0.05, 0.1) is 6.07 Å². The van der Waals surface area contributed by atoms with E-state index in [4.69, 9.17) is 11.6 Å². The normalized spacial score (nSPS) is 11.8. The zero-order chi connectivity index (χ0) is 12.8. The van der Waals surface area contributed by atoms with E-state index in [2.05, 4.69) is 11.4 Å². The second-order valence-electron chi connectivity index (χ2n) is 3.98. The van der Waals surface area contributed by atoms with Crippen LogP contribution in [-0.2, 0) is 6.54 Å². The van der Waals surface area contributed by atoms with Gasteiger partial charge in [0.25, 0.3) is 0 Å². The van der Waals surface area contributed by atoms with Crippen LogP contribution in [0.1, 0.15) is 17.2 Å². The highest BCUT2D eigenvalue weighted by atomic mass is 35.5. The topological polar surface area (TPSA) is 35.8 Å². The monoisotopic (exact) mass is 256 g/mol. The number of nitrogens with zero attached hydrogens (tertiary/aromatic N) is 1. The molecule has 90 valence electrons. The predicted molar refractivity (Wildman–Crippen MR) is 73.1 cm³/mol. The molecule has 0 aromatic heterocycles. The van der Waals surface area contributed by atoms with Gasteiger partial charge in [-0.25, -0.2) is 0 Å². The Bertz CT molecular complexity index is 529. The van der Waals surface area contributed by atoms with Crippen molar-refractivity contribution < 1.29 is 0 Å². The Balaban J connectivity index is 2.02. The highest BCUT2D eigenvalue weighted by Gasteiger charge is 2.09. The molecule has 2 rings (SSSR count). The summed E-state index contributed by atoms with van der Waals surface area (Å²) in [7, 11) is 0. The SMILES string of the molecule is N#C[C@@H](NCc1ccccc1)c1ccc(Cl)cc1. The van der Waals surface area contributed by atoms with Gasteiger partial charge in [-0.05, 0) is 23.3 Å². The van der Waals surface area contributed by atoms with Crippen molar-refractivity contribution in [1.82, 2.24) is 5.32 Å². The number of benzene rings is 2. The van der Waals surface area contributed by atoms with Crippen LogP contribution < -0.4 is 5.32 Å². The minimum atomic E-state index is -0.317. The van der Waals surface area contributed by atoms with E-state index in [1.165, 1.54) is 0 Å². The Labute approximate surface area is 112 Å². The van der Waals surface area contributed by atoms with Gasteiger partial charge in [-0.3, -0.25) is 5.32 Å². The van der Waals surface area contributed by atoms with E-state index in [0.29, 0.717) is 11.6 Å². The lowest BCUT2D eigenvalue weighted by Crippen LogP contribution is -2.19. The molecular formula is C15H13ClN2. The maximum Gasteiger partial charge on any atom is 0.121 e. The van der Waals surface area contributed by atoms with Gasteiger partial charge in [-0.2, -0.15) is 5.26 Å². The number of hydrogen-bond acceptors (Lipinski definition) is 2. The fraction of sp³-hybridized carbons (Fsp3) is 0.133. The summed E-state index contributed by atoms with van der Waals surface area (Å²) in [6.07, 6.45) is 0. The fourth-order valence-corrected chi connectivity index (χ4v) is 1.84. The molecule has 0 heterocycles. The number of nitriles is 1. The summed E-state index contributed by atoms with van der Waals surface area (Å²) in [5, 5.41) is 13.1. The fourth-order valence-electron chi connectivity index (χ4n) is 1.71. The summed E-state index contributed by atoms with van der Waals surface area (Å²) in [4.78, 5) is 0. The van der Waals surface area contributed by atoms with Gasteiger partial charge < -0.3 is 0 Å². The Kier molecular flexibility index (Phi) is 4.35. The lowest BCUT2D eigenvalue weighted by atomic mass is 10.1. The second-order valence-corrected chi connectivity index (χ2v) is 4.42. The van der Waals surface area contributed by atoms with Crippen LogP contribution in [0.5, 0.6) is 0 Å². The number of nitrogens with one attached hydrogen (secondary N) is 1. The van der Waals surface area contributed by atoms with E-state index in [0.717, 1.165) is 11.1 Å². The minimum absolute atomic E-state index is 0.317. The molecule has 0 fully saturated rings. The first kappa shape index (κ1) is 12.6. The molecule has 2 aromatic carbocycles. The number of rotatable bonds is 4. The van der Waals surface area contributed by atoms with Gasteiger partial charge in [-0.15, -0.1) is 0 Å². The molecule has 2 nitrogen and oxygen atoms in total. The molecule has 18 heavy (non-hydrogen) atoms. The average molecular weight is 257 g/mol. The lowest BCUT2D eigenvalue weighted by molar-refractivity contribution is 0.630. The molecule has 0 radical (unpaired) electrons. The van der Waals surface area contributed by atoms with E-state index in [-0.39, 0.29) is 6.04 Å². The first-order chi connectivity index (χ1) is 8.79. The van der Waals surface area contributed by atoms with Crippen molar-refractivity contribution in [3.63, 3.8) is 0 Å². The van der Waals surface area contributed by atoms with Gasteiger partial charge in [0.2, 0.25) is 0 Å². The van der Waals surface area contributed by atoms with Crippen molar-refractivity contribution in [3.8, 4) is 6.07 Å². The number of hydrogen-bond donors (Lipinski definition) is 1. The molecule has 3 heteroatoms. The van der Waals surface area contributed by atoms with Crippen LogP contribution >= 0.6 is 11.6 Å². The van der Waals surface area contributed by atoms with Gasteiger partial charge in [0.1, 0.15) is 6.04 Å². The van der Waals surface area contributed by atoms with Crippen LogP contribution in [0.25, 0.3) is 0 Å². The molecule has 0 saturated heterocycles. The minimum Gasteiger partial charge on any atom is -0.294 e. The molecule has 2 aromatic rings. The van der Waals surface area contributed by atoms with E-state index < -0.39 is 0 Å². The van der Waals surface area contributed by atoms with Gasteiger partial charge >= 0.3 is 0 Å². The molecule has 0 aliphatic carbocycles. The largest absolute Gasteiger partial charge is 0.294 e. The third-order valence-corrected chi connectivity index (χ3v) is 2.94. The third-order valence-electron chi connectivity index (χ3n) is 2.69. The smallest absolute Gasteiger partial charge is 0.121 e. The highest BCUT2D eigenvalue weighted by Crippen LogP contribution is 2.16. The Morgan fingerprint density at radius 2 is 1.72 bits per heavy atom. The summed E-state index contributed by atoms with van der Waals surface area (Å²) in [5.41, 5.74) is 2.09. The molecule has 0 saturated carbocycles. The third kappa shape index (κ3) is 3.33. The summed E-state index contributed by atoms with van der Waals surface area (Å²) in [5.74, 6) is 0. The van der Waals surface area contributed by atoms with Crippen molar-refractivity contribution >= 4 is 11.6 Å². The molecule has 0 amide bonds. The molecule has 0 bridgehead atoms. The summed E-state index contributed by atoms with van der Waals surface area (Å²) < 4.78 is 0. The van der Waals surface area contributed by atoms with Crippen LogP contribution in [0.4, 0.5) is 0 Å². The zero-order valence-corrected chi connectivity index (χ0v) is 10.6. The van der Waals surface area contributed by atoms with Gasteiger partial charge in [-0.1, -0.05) is 54.1 Å². The molecule has 0 spiro atoms. The van der Waals surface area contributed by atoms with Crippen molar-refractivity contribution in [1.29, 1.82) is 5.26 Å². The Morgan fingerprint density at radius 1 is 1.06 bits per heavy atom. The highest BCUT2D eigenvalue weighted by molar-refractivity contribution is 6.30. The number of halogens is 1. The molecule has 0 unspecified atom stereocenters. The van der Waals surface area contributed by atoms with Crippen molar-refractivity contribution in [2.24, 2.45) is 0 Å². The van der Waals surface area contributed by atoms with Crippen LogP contribution in [0, 0.1) is 11.3 Å². The van der Waals surface area contributed by atoms with E-state index >= 15 is 0 Å². The maximum absolute atomic E-state index is 9.18. The van der Waals surface area contributed by atoms with E-state index in [1.807, 2.05) is 42.5 Å². The summed E-state index contributed by atoms with van der Waals surface area (Å²) in [6.45, 7) is 0.668. The van der Waals surface area contributed by atoms with Crippen molar-refractivity contribution in [3.05, 3.63) is 70.7 Å². The second kappa shape index (κ2) is 6.20. The van der Waals surface area contributed by atoms with Gasteiger partial charge in [0.15, 0.2) is 0 Å². The van der Waals surface area contributed by atoms with Crippen LogP contribution in [-0.4, -0.2) is 0 Å².